The van der Waals surface area contributed by atoms with Crippen molar-refractivity contribution in [2.45, 2.75) is 27.7 Å². The minimum Gasteiger partial charge on any atom is -0.507 e. The fraction of sp³-hybridized carbons (Fsp3) is 0.280. The molecule has 0 unspecified atom stereocenters. The molecule has 4 nitrogen and oxygen atoms in total. The molecule has 0 saturated heterocycles. The number of rotatable bonds is 11. The molecule has 0 fully saturated rings. The van der Waals surface area contributed by atoms with Crippen molar-refractivity contribution in [3.8, 4) is 11.5 Å². The summed E-state index contributed by atoms with van der Waals surface area (Å²) in [6, 6.07) is 12.8. The van der Waals surface area contributed by atoms with Crippen molar-refractivity contribution in [3.05, 3.63) is 69.5 Å². The van der Waals surface area contributed by atoms with Gasteiger partial charge in [-0.1, -0.05) is 50.3 Å². The smallest absolute Gasteiger partial charge is 0.188 e. The van der Waals surface area contributed by atoms with Crippen LogP contribution >= 0.6 is 23.5 Å². The highest BCUT2D eigenvalue weighted by atomic mass is 32.2. The molecule has 0 atom stereocenters. The molecule has 0 heterocycles. The second kappa shape index (κ2) is 12.4. The summed E-state index contributed by atoms with van der Waals surface area (Å²) in [4.78, 5) is 25.4. The van der Waals surface area contributed by atoms with Crippen LogP contribution in [0, 0.1) is 0 Å². The van der Waals surface area contributed by atoms with Crippen molar-refractivity contribution in [1.82, 2.24) is 0 Å². The maximum absolute atomic E-state index is 13.3. The lowest BCUT2D eigenvalue weighted by Gasteiger charge is -2.16. The number of hydrogen-bond donors (Lipinski definition) is 1. The van der Waals surface area contributed by atoms with E-state index < -0.39 is 0 Å². The van der Waals surface area contributed by atoms with E-state index in [9.17, 15) is 14.7 Å². The Bertz CT molecular complexity index is 971. The Balaban J connectivity index is 2.65. The van der Waals surface area contributed by atoms with E-state index in [2.05, 4.69) is 0 Å². The molecule has 1 N–H and O–H groups in total. The second-order valence-electron chi connectivity index (χ2n) is 6.49. The zero-order valence-corrected chi connectivity index (χ0v) is 19.9. The number of phenolic OH excluding ortho intramolecular Hbond substituents is 1. The summed E-state index contributed by atoms with van der Waals surface area (Å²) in [5.74, 6) is 1.24. The van der Waals surface area contributed by atoms with E-state index in [1.54, 1.807) is 41.7 Å². The van der Waals surface area contributed by atoms with Gasteiger partial charge in [-0.3, -0.25) is 9.59 Å². The minimum absolute atomic E-state index is 0.130. The third kappa shape index (κ3) is 6.77. The first-order valence-electron chi connectivity index (χ1n) is 10.2. The lowest BCUT2D eigenvalue weighted by molar-refractivity contribution is -0.109. The first-order chi connectivity index (χ1) is 14.9. The summed E-state index contributed by atoms with van der Waals surface area (Å²) in [5, 5.41) is 10.6. The van der Waals surface area contributed by atoms with Crippen LogP contribution in [0.1, 0.15) is 49.2 Å². The first-order valence-corrected chi connectivity index (χ1v) is 12.2. The van der Waals surface area contributed by atoms with Crippen LogP contribution in [-0.4, -0.2) is 34.8 Å². The predicted molar refractivity (Wildman–Crippen MR) is 133 cm³/mol. The van der Waals surface area contributed by atoms with Crippen molar-refractivity contribution in [2.75, 3.05) is 18.1 Å². The van der Waals surface area contributed by atoms with Crippen LogP contribution in [0.15, 0.2) is 52.8 Å². The number of Topliss-reactive ketones (excluding diaryl/α,β-unsaturated/α-hetero) is 1. The number of aromatic hydroxyl groups is 1. The summed E-state index contributed by atoms with van der Waals surface area (Å²) < 4.78 is 6.51. The number of carbonyl (C=O) groups excluding carboxylic acids is 2. The molecule has 0 saturated carbocycles. The number of carbonyl (C=O) groups is 2. The molecule has 0 amide bonds. The molecule has 6 heteroatoms. The average molecular weight is 457 g/mol. The molecule has 2 aromatic rings. The van der Waals surface area contributed by atoms with Crippen molar-refractivity contribution in [3.63, 3.8) is 0 Å². The molecule has 0 aliphatic heterocycles. The fourth-order valence-electron chi connectivity index (χ4n) is 3.00. The number of benzene rings is 2. The van der Waals surface area contributed by atoms with Crippen LogP contribution in [0.3, 0.4) is 0 Å². The molecular formula is C25H28O4S2. The van der Waals surface area contributed by atoms with Gasteiger partial charge in [-0.2, -0.15) is 0 Å². The standard InChI is InChI=1S/C25H28O4S2/c1-5-29-22-16-19(15-21(28)23(22)17(4)26)24(25(30-6-2)31-7-3)20(27)14-13-18-11-9-8-10-12-18/h8-16,28H,5-7H2,1-4H3/b14-13+. The Labute approximate surface area is 192 Å². The van der Waals surface area contributed by atoms with Crippen LogP contribution in [0.4, 0.5) is 0 Å². The lowest BCUT2D eigenvalue weighted by Crippen LogP contribution is -2.05. The van der Waals surface area contributed by atoms with Gasteiger partial charge in [-0.05, 0) is 54.7 Å². The SMILES string of the molecule is CCOc1cc(C(C(=O)/C=C/c2ccccc2)=C(SCC)SCC)cc(O)c1C(C)=O. The van der Waals surface area contributed by atoms with Crippen molar-refractivity contribution in [1.29, 1.82) is 0 Å². The van der Waals surface area contributed by atoms with Crippen molar-refractivity contribution in [2.24, 2.45) is 0 Å². The largest absolute Gasteiger partial charge is 0.507 e. The molecule has 0 spiro atoms. The van der Waals surface area contributed by atoms with E-state index >= 15 is 0 Å². The van der Waals surface area contributed by atoms with Gasteiger partial charge in [0.25, 0.3) is 0 Å². The molecule has 2 rings (SSSR count). The summed E-state index contributed by atoms with van der Waals surface area (Å²) in [6.07, 6.45) is 3.33. The van der Waals surface area contributed by atoms with E-state index in [0.29, 0.717) is 17.7 Å². The van der Waals surface area contributed by atoms with Gasteiger partial charge in [0.2, 0.25) is 0 Å². The normalized spacial score (nSPS) is 10.8. The van der Waals surface area contributed by atoms with Gasteiger partial charge in [0.15, 0.2) is 11.6 Å². The molecule has 164 valence electrons. The topological polar surface area (TPSA) is 63.6 Å². The second-order valence-corrected chi connectivity index (χ2v) is 9.30. The maximum Gasteiger partial charge on any atom is 0.188 e. The quantitative estimate of drug-likeness (QED) is 0.310. The van der Waals surface area contributed by atoms with E-state index in [1.165, 1.54) is 13.0 Å². The Kier molecular flexibility index (Phi) is 9.95. The average Bonchev–Trinajstić information content (AvgIpc) is 2.73. The molecule has 0 bridgehead atoms. The van der Waals surface area contributed by atoms with Gasteiger partial charge >= 0.3 is 0 Å². The predicted octanol–water partition coefficient (Wildman–Crippen LogP) is 6.45. The summed E-state index contributed by atoms with van der Waals surface area (Å²) in [7, 11) is 0. The van der Waals surface area contributed by atoms with Crippen molar-refractivity contribution >= 4 is 46.7 Å². The fourth-order valence-corrected chi connectivity index (χ4v) is 5.29. The third-order valence-electron chi connectivity index (χ3n) is 4.25. The van der Waals surface area contributed by atoms with Crippen LogP contribution < -0.4 is 4.74 Å². The first kappa shape index (κ1) is 24.8. The highest BCUT2D eigenvalue weighted by Crippen LogP contribution is 2.40. The van der Waals surface area contributed by atoms with Crippen LogP contribution in [0.5, 0.6) is 11.5 Å². The summed E-state index contributed by atoms with van der Waals surface area (Å²) >= 11 is 3.18. The molecular weight excluding hydrogens is 428 g/mol. The van der Waals surface area contributed by atoms with Crippen LogP contribution in [-0.2, 0) is 4.79 Å². The lowest BCUT2D eigenvalue weighted by atomic mass is 9.98. The van der Waals surface area contributed by atoms with Gasteiger partial charge < -0.3 is 9.84 Å². The van der Waals surface area contributed by atoms with Gasteiger partial charge in [0.05, 0.1) is 10.8 Å². The van der Waals surface area contributed by atoms with Gasteiger partial charge in [-0.15, -0.1) is 23.5 Å². The molecule has 2 aromatic carbocycles. The molecule has 31 heavy (non-hydrogen) atoms. The monoisotopic (exact) mass is 456 g/mol. The Hall–Kier alpha value is -2.44. The third-order valence-corrected chi connectivity index (χ3v) is 6.47. The highest BCUT2D eigenvalue weighted by Gasteiger charge is 2.22. The molecule has 0 aromatic heterocycles. The summed E-state index contributed by atoms with van der Waals surface area (Å²) in [6.45, 7) is 7.59. The number of thioether (sulfide) groups is 2. The zero-order valence-electron chi connectivity index (χ0n) is 18.3. The van der Waals surface area contributed by atoms with Crippen molar-refractivity contribution < 1.29 is 19.4 Å². The number of phenols is 1. The Morgan fingerprint density at radius 3 is 2.23 bits per heavy atom. The number of hydrogen-bond acceptors (Lipinski definition) is 6. The molecule has 0 radical (unpaired) electrons. The molecule has 0 aliphatic rings. The van der Waals surface area contributed by atoms with Gasteiger partial charge in [-0.25, -0.2) is 0 Å². The van der Waals surface area contributed by atoms with E-state index in [1.807, 2.05) is 51.1 Å². The zero-order chi connectivity index (χ0) is 22.8. The Morgan fingerprint density at radius 1 is 1.03 bits per heavy atom. The number of ether oxygens (including phenoxy) is 1. The number of allylic oxidation sites excluding steroid dienone is 2. The van der Waals surface area contributed by atoms with E-state index in [4.69, 9.17) is 4.74 Å². The van der Waals surface area contributed by atoms with Crippen LogP contribution in [0.2, 0.25) is 0 Å². The van der Waals surface area contributed by atoms with Crippen LogP contribution in [0.25, 0.3) is 11.6 Å². The van der Waals surface area contributed by atoms with Gasteiger partial charge in [0, 0.05) is 5.57 Å². The minimum atomic E-state index is -0.292. The Morgan fingerprint density at radius 2 is 1.68 bits per heavy atom. The van der Waals surface area contributed by atoms with Gasteiger partial charge in [0.1, 0.15) is 17.1 Å². The summed E-state index contributed by atoms with van der Waals surface area (Å²) in [5.41, 5.74) is 2.08. The van der Waals surface area contributed by atoms with E-state index in [0.717, 1.165) is 21.3 Å². The number of ketones is 2. The maximum atomic E-state index is 13.3. The highest BCUT2D eigenvalue weighted by molar-refractivity contribution is 8.22. The molecule has 0 aliphatic carbocycles. The van der Waals surface area contributed by atoms with E-state index in [-0.39, 0.29) is 28.6 Å².